The SMILES string of the molecule is CCNC.Cc1cnc(S(C)=O)nc1-c1cnn(CCC#N)c1. The van der Waals surface area contributed by atoms with Gasteiger partial charge in [-0.05, 0) is 26.1 Å². The minimum absolute atomic E-state index is 0.311. The largest absolute Gasteiger partial charge is 0.320 e. The molecule has 0 fully saturated rings. The van der Waals surface area contributed by atoms with E-state index >= 15 is 0 Å². The summed E-state index contributed by atoms with van der Waals surface area (Å²) >= 11 is 0. The van der Waals surface area contributed by atoms with E-state index in [0.29, 0.717) is 18.1 Å². The maximum Gasteiger partial charge on any atom is 0.218 e. The van der Waals surface area contributed by atoms with Crippen molar-refractivity contribution < 1.29 is 4.21 Å². The molecular weight excluding hydrogens is 312 g/mol. The van der Waals surface area contributed by atoms with Crippen molar-refractivity contribution in [1.29, 1.82) is 5.26 Å². The summed E-state index contributed by atoms with van der Waals surface area (Å²) in [4.78, 5) is 8.34. The van der Waals surface area contributed by atoms with Crippen molar-refractivity contribution in [2.75, 3.05) is 19.8 Å². The molecule has 0 aliphatic heterocycles. The molecule has 0 bridgehead atoms. The maximum absolute atomic E-state index is 11.4. The fraction of sp³-hybridized carbons (Fsp3) is 0.467. The van der Waals surface area contributed by atoms with Gasteiger partial charge in [-0.25, -0.2) is 9.97 Å². The summed E-state index contributed by atoms with van der Waals surface area (Å²) in [5.41, 5.74) is 2.46. The van der Waals surface area contributed by atoms with Gasteiger partial charge in [0.15, 0.2) is 0 Å². The van der Waals surface area contributed by atoms with E-state index in [4.69, 9.17) is 5.26 Å². The van der Waals surface area contributed by atoms with Crippen LogP contribution >= 0.6 is 0 Å². The highest BCUT2D eigenvalue weighted by molar-refractivity contribution is 7.84. The van der Waals surface area contributed by atoms with Gasteiger partial charge in [-0.1, -0.05) is 6.92 Å². The molecule has 124 valence electrons. The summed E-state index contributed by atoms with van der Waals surface area (Å²) in [6.07, 6.45) is 7.13. The zero-order valence-electron chi connectivity index (χ0n) is 13.9. The Morgan fingerprint density at radius 2 is 2.13 bits per heavy atom. The second-order valence-corrected chi connectivity index (χ2v) is 6.02. The van der Waals surface area contributed by atoms with Gasteiger partial charge in [0.1, 0.15) is 0 Å². The number of hydrogen-bond acceptors (Lipinski definition) is 6. The van der Waals surface area contributed by atoms with Gasteiger partial charge >= 0.3 is 0 Å². The van der Waals surface area contributed by atoms with Gasteiger partial charge in [0.25, 0.3) is 0 Å². The van der Waals surface area contributed by atoms with Crippen molar-refractivity contribution in [3.8, 4) is 17.3 Å². The van der Waals surface area contributed by atoms with Crippen LogP contribution in [0.15, 0.2) is 23.7 Å². The highest BCUT2D eigenvalue weighted by Gasteiger charge is 2.10. The molecule has 0 radical (unpaired) electrons. The van der Waals surface area contributed by atoms with E-state index in [0.717, 1.165) is 23.4 Å². The second-order valence-electron chi connectivity index (χ2n) is 4.75. The first kappa shape index (κ1) is 18.9. The lowest BCUT2D eigenvalue weighted by Gasteiger charge is -2.03. The first-order chi connectivity index (χ1) is 11.0. The summed E-state index contributed by atoms with van der Waals surface area (Å²) in [6.45, 7) is 5.58. The number of hydrogen-bond donors (Lipinski definition) is 1. The molecule has 0 saturated heterocycles. The molecule has 2 aromatic heterocycles. The van der Waals surface area contributed by atoms with Crippen LogP contribution in [-0.2, 0) is 17.3 Å². The van der Waals surface area contributed by atoms with Gasteiger partial charge in [0.2, 0.25) is 5.16 Å². The Kier molecular flexibility index (Phi) is 8.08. The van der Waals surface area contributed by atoms with Crippen molar-refractivity contribution >= 4 is 10.8 Å². The molecule has 0 aliphatic rings. The normalized spacial score (nSPS) is 11.3. The van der Waals surface area contributed by atoms with E-state index in [1.807, 2.05) is 20.2 Å². The van der Waals surface area contributed by atoms with Crippen LogP contribution < -0.4 is 5.32 Å². The highest BCUT2D eigenvalue weighted by atomic mass is 32.2. The molecule has 2 heterocycles. The van der Waals surface area contributed by atoms with Gasteiger partial charge in [0.05, 0.1) is 41.7 Å². The molecule has 2 aromatic rings. The summed E-state index contributed by atoms with van der Waals surface area (Å²) in [5.74, 6) is 0. The third kappa shape index (κ3) is 5.88. The zero-order chi connectivity index (χ0) is 17.2. The summed E-state index contributed by atoms with van der Waals surface area (Å²) in [5, 5.41) is 16.0. The molecule has 7 nitrogen and oxygen atoms in total. The lowest BCUT2D eigenvalue weighted by atomic mass is 10.2. The Morgan fingerprint density at radius 3 is 2.70 bits per heavy atom. The molecule has 0 amide bonds. The predicted molar refractivity (Wildman–Crippen MR) is 90.2 cm³/mol. The number of nitrogens with one attached hydrogen (secondary N) is 1. The smallest absolute Gasteiger partial charge is 0.218 e. The van der Waals surface area contributed by atoms with E-state index in [9.17, 15) is 4.21 Å². The molecule has 0 aromatic carbocycles. The van der Waals surface area contributed by atoms with Crippen LogP contribution in [-0.4, -0.2) is 43.8 Å². The number of nitriles is 1. The molecule has 1 N–H and O–H groups in total. The predicted octanol–water partition coefficient (Wildman–Crippen LogP) is 1.53. The molecule has 1 atom stereocenters. The first-order valence-electron chi connectivity index (χ1n) is 7.24. The Hall–Kier alpha value is -2.11. The number of rotatable bonds is 5. The lowest BCUT2D eigenvalue weighted by Crippen LogP contribution is -2.01. The quantitative estimate of drug-likeness (QED) is 0.833. The topological polar surface area (TPSA) is 96.5 Å². The van der Waals surface area contributed by atoms with E-state index in [-0.39, 0.29) is 0 Å². The number of aromatic nitrogens is 4. The Balaban J connectivity index is 0.000000593. The van der Waals surface area contributed by atoms with Crippen LogP contribution in [0.1, 0.15) is 18.9 Å². The average Bonchev–Trinajstić information content (AvgIpc) is 3.02. The van der Waals surface area contributed by atoms with Crippen LogP contribution in [0.3, 0.4) is 0 Å². The van der Waals surface area contributed by atoms with Crippen LogP contribution in [0.5, 0.6) is 0 Å². The molecule has 0 spiro atoms. The van der Waals surface area contributed by atoms with Crippen LogP contribution in [0.25, 0.3) is 11.3 Å². The van der Waals surface area contributed by atoms with Crippen molar-refractivity contribution in [3.63, 3.8) is 0 Å². The molecular formula is C15H22N6OS. The van der Waals surface area contributed by atoms with Crippen molar-refractivity contribution in [2.24, 2.45) is 0 Å². The fourth-order valence-corrected chi connectivity index (χ4v) is 2.05. The van der Waals surface area contributed by atoms with Gasteiger partial charge in [-0.15, -0.1) is 0 Å². The summed E-state index contributed by atoms with van der Waals surface area (Å²) in [7, 11) is 0.719. The monoisotopic (exact) mass is 334 g/mol. The van der Waals surface area contributed by atoms with Crippen LogP contribution in [0.2, 0.25) is 0 Å². The van der Waals surface area contributed by atoms with Gasteiger partial charge in [-0.2, -0.15) is 10.4 Å². The van der Waals surface area contributed by atoms with Gasteiger partial charge < -0.3 is 5.32 Å². The fourth-order valence-electron chi connectivity index (χ4n) is 1.63. The van der Waals surface area contributed by atoms with E-state index in [2.05, 4.69) is 33.4 Å². The van der Waals surface area contributed by atoms with E-state index < -0.39 is 10.8 Å². The van der Waals surface area contributed by atoms with Crippen molar-refractivity contribution in [2.45, 2.75) is 32.0 Å². The van der Waals surface area contributed by atoms with Crippen LogP contribution in [0, 0.1) is 18.3 Å². The summed E-state index contributed by atoms with van der Waals surface area (Å²) in [6, 6.07) is 2.07. The Labute approximate surface area is 139 Å². The van der Waals surface area contributed by atoms with Crippen LogP contribution in [0.4, 0.5) is 0 Å². The van der Waals surface area contributed by atoms with Crippen molar-refractivity contribution in [1.82, 2.24) is 25.1 Å². The lowest BCUT2D eigenvalue weighted by molar-refractivity contribution is 0.628. The zero-order valence-corrected chi connectivity index (χ0v) is 14.7. The Bertz CT molecular complexity index is 690. The van der Waals surface area contributed by atoms with E-state index in [1.165, 1.54) is 0 Å². The standard InChI is InChI=1S/C12H13N5OS.C3H9N/c1-9-6-14-12(19(2)18)16-11(9)10-7-15-17(8-10)5-3-4-13;1-3-4-2/h6-8H,3,5H2,1-2H3;4H,3H2,1-2H3. The maximum atomic E-state index is 11.4. The highest BCUT2D eigenvalue weighted by Crippen LogP contribution is 2.20. The van der Waals surface area contributed by atoms with Gasteiger partial charge in [0, 0.05) is 24.2 Å². The second kappa shape index (κ2) is 9.82. The molecule has 1 unspecified atom stereocenters. The number of aryl methyl sites for hydroxylation is 2. The number of nitrogens with zero attached hydrogens (tertiary/aromatic N) is 5. The van der Waals surface area contributed by atoms with E-state index in [1.54, 1.807) is 23.3 Å². The molecule has 0 saturated carbocycles. The molecule has 23 heavy (non-hydrogen) atoms. The van der Waals surface area contributed by atoms with Crippen molar-refractivity contribution in [3.05, 3.63) is 24.2 Å². The molecule has 0 aliphatic carbocycles. The van der Waals surface area contributed by atoms with Gasteiger partial charge in [-0.3, -0.25) is 8.89 Å². The first-order valence-corrected chi connectivity index (χ1v) is 8.80. The third-order valence-corrected chi connectivity index (χ3v) is 3.63. The minimum Gasteiger partial charge on any atom is -0.320 e. The summed E-state index contributed by atoms with van der Waals surface area (Å²) < 4.78 is 13.1. The average molecular weight is 334 g/mol. The third-order valence-electron chi connectivity index (χ3n) is 2.92. The minimum atomic E-state index is -1.21. The molecule has 2 rings (SSSR count). The molecule has 8 heteroatoms. The Morgan fingerprint density at radius 1 is 1.43 bits per heavy atom.